The maximum Gasteiger partial charge on any atom is 0.247 e. The second-order valence-electron chi connectivity index (χ2n) is 6.62. The Bertz CT molecular complexity index is 691. The molecule has 2 N–H and O–H groups in total. The number of hydrogen-bond acceptors (Lipinski definition) is 3. The summed E-state index contributed by atoms with van der Waals surface area (Å²) in [7, 11) is 0. The van der Waals surface area contributed by atoms with Crippen LogP contribution in [0, 0.1) is 0 Å². The van der Waals surface area contributed by atoms with Gasteiger partial charge in [-0.15, -0.1) is 12.4 Å². The molecule has 5 heteroatoms. The molecule has 1 aliphatic heterocycles. The van der Waals surface area contributed by atoms with Crippen molar-refractivity contribution in [1.29, 1.82) is 0 Å². The SMILES string of the molecule is CC1CN(C(=O)C(C)(N)c2ccccc2)CC(c2ccccc2)O1.Cl. The minimum Gasteiger partial charge on any atom is -0.367 e. The molecule has 0 aliphatic carbocycles. The second kappa shape index (κ2) is 8.00. The third kappa shape index (κ3) is 4.21. The van der Waals surface area contributed by atoms with Crippen LogP contribution in [0.5, 0.6) is 0 Å². The van der Waals surface area contributed by atoms with Crippen molar-refractivity contribution in [2.45, 2.75) is 31.6 Å². The van der Waals surface area contributed by atoms with Crippen molar-refractivity contribution in [3.63, 3.8) is 0 Å². The molecule has 2 aromatic carbocycles. The minimum atomic E-state index is -1.04. The van der Waals surface area contributed by atoms with Crippen molar-refractivity contribution in [3.05, 3.63) is 71.8 Å². The molecular weight excluding hydrogens is 336 g/mol. The van der Waals surface area contributed by atoms with Crippen LogP contribution in [0.3, 0.4) is 0 Å². The predicted octanol–water partition coefficient (Wildman–Crippen LogP) is 3.27. The van der Waals surface area contributed by atoms with E-state index in [0.29, 0.717) is 13.1 Å². The first-order valence-electron chi connectivity index (χ1n) is 8.32. The molecule has 0 bridgehead atoms. The summed E-state index contributed by atoms with van der Waals surface area (Å²) in [6.45, 7) is 4.85. The second-order valence-corrected chi connectivity index (χ2v) is 6.62. The Labute approximate surface area is 155 Å². The topological polar surface area (TPSA) is 55.6 Å². The number of halogens is 1. The molecule has 0 aromatic heterocycles. The summed E-state index contributed by atoms with van der Waals surface area (Å²) in [5.41, 5.74) is 7.28. The lowest BCUT2D eigenvalue weighted by Crippen LogP contribution is -2.55. The van der Waals surface area contributed by atoms with E-state index in [1.54, 1.807) is 6.92 Å². The molecule has 1 heterocycles. The molecule has 1 saturated heterocycles. The normalized spacial score (nSPS) is 22.6. The number of hydrogen-bond donors (Lipinski definition) is 1. The zero-order valence-electron chi connectivity index (χ0n) is 14.6. The van der Waals surface area contributed by atoms with Gasteiger partial charge in [0.2, 0.25) is 5.91 Å². The van der Waals surface area contributed by atoms with E-state index in [2.05, 4.69) is 0 Å². The monoisotopic (exact) mass is 360 g/mol. The van der Waals surface area contributed by atoms with E-state index in [4.69, 9.17) is 10.5 Å². The summed E-state index contributed by atoms with van der Waals surface area (Å²) in [6.07, 6.45) is -0.148. The third-order valence-electron chi connectivity index (χ3n) is 4.54. The van der Waals surface area contributed by atoms with Gasteiger partial charge in [0.1, 0.15) is 11.6 Å². The zero-order valence-corrected chi connectivity index (χ0v) is 15.4. The Morgan fingerprint density at radius 2 is 1.64 bits per heavy atom. The summed E-state index contributed by atoms with van der Waals surface area (Å²) in [5.74, 6) is -0.0650. The molecule has 0 spiro atoms. The molecule has 3 unspecified atom stereocenters. The van der Waals surface area contributed by atoms with Gasteiger partial charge in [0.15, 0.2) is 0 Å². The average molecular weight is 361 g/mol. The highest BCUT2D eigenvalue weighted by Gasteiger charge is 2.38. The van der Waals surface area contributed by atoms with Gasteiger partial charge in [-0.1, -0.05) is 60.7 Å². The first kappa shape index (κ1) is 19.4. The molecule has 0 saturated carbocycles. The van der Waals surface area contributed by atoms with Crippen LogP contribution < -0.4 is 5.73 Å². The Morgan fingerprint density at radius 3 is 2.24 bits per heavy atom. The van der Waals surface area contributed by atoms with E-state index in [0.717, 1.165) is 11.1 Å². The standard InChI is InChI=1S/C20H24N2O2.ClH/c1-15-13-22(14-18(24-15)16-9-5-3-6-10-16)19(23)20(2,21)17-11-7-4-8-12-17;/h3-12,15,18H,13-14,21H2,1-2H3;1H. The molecule has 25 heavy (non-hydrogen) atoms. The number of carbonyl (C=O) groups excluding carboxylic acids is 1. The quantitative estimate of drug-likeness (QED) is 0.913. The largest absolute Gasteiger partial charge is 0.367 e. The van der Waals surface area contributed by atoms with Gasteiger partial charge >= 0.3 is 0 Å². The van der Waals surface area contributed by atoms with Gasteiger partial charge in [-0.25, -0.2) is 0 Å². The number of rotatable bonds is 3. The van der Waals surface area contributed by atoms with Crippen molar-refractivity contribution in [3.8, 4) is 0 Å². The Balaban J connectivity index is 0.00000225. The van der Waals surface area contributed by atoms with Crippen LogP contribution in [-0.4, -0.2) is 30.0 Å². The number of carbonyl (C=O) groups is 1. The highest BCUT2D eigenvalue weighted by Crippen LogP contribution is 2.28. The molecule has 1 amide bonds. The Kier molecular flexibility index (Phi) is 6.22. The molecule has 3 atom stereocenters. The van der Waals surface area contributed by atoms with Gasteiger partial charge < -0.3 is 15.4 Å². The van der Waals surface area contributed by atoms with Crippen molar-refractivity contribution >= 4 is 18.3 Å². The minimum absolute atomic E-state index is 0. The maximum absolute atomic E-state index is 13.1. The van der Waals surface area contributed by atoms with Gasteiger partial charge in [-0.2, -0.15) is 0 Å². The zero-order chi connectivity index (χ0) is 17.2. The Morgan fingerprint density at radius 1 is 1.08 bits per heavy atom. The van der Waals surface area contributed by atoms with E-state index < -0.39 is 5.54 Å². The van der Waals surface area contributed by atoms with Crippen LogP contribution >= 0.6 is 12.4 Å². The lowest BCUT2D eigenvalue weighted by atomic mass is 9.91. The number of nitrogens with two attached hydrogens (primary N) is 1. The van der Waals surface area contributed by atoms with E-state index in [1.165, 1.54) is 0 Å². The number of amides is 1. The smallest absolute Gasteiger partial charge is 0.247 e. The summed E-state index contributed by atoms with van der Waals surface area (Å²) < 4.78 is 6.04. The molecule has 2 aromatic rings. The van der Waals surface area contributed by atoms with Gasteiger partial charge in [0.05, 0.1) is 12.6 Å². The molecule has 3 rings (SSSR count). The number of benzene rings is 2. The first-order chi connectivity index (χ1) is 11.5. The lowest BCUT2D eigenvalue weighted by Gasteiger charge is -2.40. The third-order valence-corrected chi connectivity index (χ3v) is 4.54. The van der Waals surface area contributed by atoms with Crippen LogP contribution in [0.25, 0.3) is 0 Å². The van der Waals surface area contributed by atoms with E-state index in [9.17, 15) is 4.79 Å². The first-order valence-corrected chi connectivity index (χ1v) is 8.32. The fourth-order valence-corrected chi connectivity index (χ4v) is 3.21. The molecule has 1 fully saturated rings. The summed E-state index contributed by atoms with van der Waals surface area (Å²) >= 11 is 0. The van der Waals surface area contributed by atoms with Gasteiger partial charge in [-0.3, -0.25) is 4.79 Å². The van der Waals surface area contributed by atoms with Crippen molar-refractivity contribution < 1.29 is 9.53 Å². The average Bonchev–Trinajstić information content (AvgIpc) is 2.62. The summed E-state index contributed by atoms with van der Waals surface area (Å²) in [4.78, 5) is 14.9. The molecule has 134 valence electrons. The maximum atomic E-state index is 13.1. The number of morpholine rings is 1. The molecule has 4 nitrogen and oxygen atoms in total. The van der Waals surface area contributed by atoms with Crippen LogP contribution in [0.15, 0.2) is 60.7 Å². The van der Waals surface area contributed by atoms with Crippen LogP contribution in [0.2, 0.25) is 0 Å². The summed E-state index contributed by atoms with van der Waals surface area (Å²) in [5, 5.41) is 0. The van der Waals surface area contributed by atoms with Gasteiger partial charge in [0.25, 0.3) is 0 Å². The highest BCUT2D eigenvalue weighted by atomic mass is 35.5. The van der Waals surface area contributed by atoms with E-state index in [1.807, 2.05) is 72.5 Å². The highest BCUT2D eigenvalue weighted by molar-refractivity contribution is 5.87. The van der Waals surface area contributed by atoms with Crippen LogP contribution in [-0.2, 0) is 15.1 Å². The van der Waals surface area contributed by atoms with E-state index >= 15 is 0 Å². The molecular formula is C20H25ClN2O2. The number of nitrogens with zero attached hydrogens (tertiary/aromatic N) is 1. The van der Waals surface area contributed by atoms with Crippen LogP contribution in [0.1, 0.15) is 31.1 Å². The summed E-state index contributed by atoms with van der Waals surface area (Å²) in [6, 6.07) is 19.5. The lowest BCUT2D eigenvalue weighted by molar-refractivity contribution is -0.150. The molecule has 1 aliphatic rings. The van der Waals surface area contributed by atoms with Crippen molar-refractivity contribution in [2.75, 3.05) is 13.1 Å². The molecule has 0 radical (unpaired) electrons. The predicted molar refractivity (Wildman–Crippen MR) is 102 cm³/mol. The fraction of sp³-hybridized carbons (Fsp3) is 0.350. The van der Waals surface area contributed by atoms with E-state index in [-0.39, 0.29) is 30.5 Å². The van der Waals surface area contributed by atoms with Gasteiger partial charge in [0, 0.05) is 6.54 Å². The van der Waals surface area contributed by atoms with Crippen LogP contribution in [0.4, 0.5) is 0 Å². The van der Waals surface area contributed by atoms with Gasteiger partial charge in [-0.05, 0) is 25.0 Å². The number of ether oxygens (including phenoxy) is 1. The Hall–Kier alpha value is -1.88. The fourth-order valence-electron chi connectivity index (χ4n) is 3.21. The van der Waals surface area contributed by atoms with Crippen molar-refractivity contribution in [2.24, 2.45) is 5.73 Å². The van der Waals surface area contributed by atoms with Crippen molar-refractivity contribution in [1.82, 2.24) is 4.90 Å².